The Hall–Kier alpha value is -1.10. The second-order valence-corrected chi connectivity index (χ2v) is 5.55. The fourth-order valence-corrected chi connectivity index (χ4v) is 2.97. The van der Waals surface area contributed by atoms with E-state index in [0.29, 0.717) is 11.8 Å². The summed E-state index contributed by atoms with van der Waals surface area (Å²) in [6, 6.07) is 0. The van der Waals surface area contributed by atoms with Crippen LogP contribution in [-0.2, 0) is 0 Å². The van der Waals surface area contributed by atoms with Gasteiger partial charge >= 0.3 is 0 Å². The molecule has 1 saturated heterocycles. The molecule has 5 nitrogen and oxygen atoms in total. The van der Waals surface area contributed by atoms with Gasteiger partial charge in [0.2, 0.25) is 5.95 Å². The molecule has 0 bridgehead atoms. The lowest BCUT2D eigenvalue weighted by molar-refractivity contribution is 0.399. The summed E-state index contributed by atoms with van der Waals surface area (Å²) in [7, 11) is 2.02. The SMILES string of the molecule is CCC(CC)c1nc(N2CCCC(CNC)C2)n[nH]1. The molecule has 0 aromatic carbocycles. The summed E-state index contributed by atoms with van der Waals surface area (Å²) >= 11 is 0. The molecule has 0 radical (unpaired) electrons. The first-order chi connectivity index (χ1) is 9.28. The molecular formula is C14H27N5. The lowest BCUT2D eigenvalue weighted by Crippen LogP contribution is -2.39. The van der Waals surface area contributed by atoms with Gasteiger partial charge in [0.05, 0.1) is 0 Å². The Morgan fingerprint density at radius 1 is 1.42 bits per heavy atom. The molecule has 1 aromatic heterocycles. The zero-order valence-electron chi connectivity index (χ0n) is 12.4. The first kappa shape index (κ1) is 14.3. The molecule has 1 atom stereocenters. The molecule has 108 valence electrons. The molecule has 0 saturated carbocycles. The Kier molecular flexibility index (Phi) is 5.19. The van der Waals surface area contributed by atoms with Gasteiger partial charge in [-0.1, -0.05) is 13.8 Å². The number of nitrogens with zero attached hydrogens (tertiary/aromatic N) is 3. The van der Waals surface area contributed by atoms with Gasteiger partial charge in [-0.25, -0.2) is 0 Å². The first-order valence-electron chi connectivity index (χ1n) is 7.60. The van der Waals surface area contributed by atoms with Gasteiger partial charge in [0.25, 0.3) is 0 Å². The average Bonchev–Trinajstić information content (AvgIpc) is 2.91. The van der Waals surface area contributed by atoms with Crippen molar-refractivity contribution in [1.82, 2.24) is 20.5 Å². The van der Waals surface area contributed by atoms with Crippen molar-refractivity contribution in [3.05, 3.63) is 5.82 Å². The van der Waals surface area contributed by atoms with E-state index in [1.807, 2.05) is 7.05 Å². The number of aromatic nitrogens is 3. The van der Waals surface area contributed by atoms with Crippen LogP contribution in [0.4, 0.5) is 5.95 Å². The number of hydrogen-bond acceptors (Lipinski definition) is 4. The Balaban J connectivity index is 2.01. The minimum Gasteiger partial charge on any atom is -0.339 e. The molecule has 1 fully saturated rings. The van der Waals surface area contributed by atoms with Crippen LogP contribution in [0, 0.1) is 5.92 Å². The van der Waals surface area contributed by atoms with Crippen molar-refractivity contribution in [1.29, 1.82) is 0 Å². The van der Waals surface area contributed by atoms with E-state index in [1.54, 1.807) is 0 Å². The third-order valence-corrected chi connectivity index (χ3v) is 4.16. The fourth-order valence-electron chi connectivity index (χ4n) is 2.97. The van der Waals surface area contributed by atoms with Crippen LogP contribution in [-0.4, -0.2) is 41.9 Å². The number of aromatic amines is 1. The van der Waals surface area contributed by atoms with Crippen LogP contribution in [0.3, 0.4) is 0 Å². The minimum atomic E-state index is 0.513. The number of piperidine rings is 1. The Morgan fingerprint density at radius 2 is 2.21 bits per heavy atom. The van der Waals surface area contributed by atoms with Crippen molar-refractivity contribution >= 4 is 5.95 Å². The van der Waals surface area contributed by atoms with Crippen molar-refractivity contribution < 1.29 is 0 Å². The second-order valence-electron chi connectivity index (χ2n) is 5.55. The van der Waals surface area contributed by atoms with Gasteiger partial charge in [-0.3, -0.25) is 5.10 Å². The Labute approximate surface area is 116 Å². The van der Waals surface area contributed by atoms with Gasteiger partial charge < -0.3 is 10.2 Å². The monoisotopic (exact) mass is 265 g/mol. The van der Waals surface area contributed by atoms with Crippen LogP contribution in [0.5, 0.6) is 0 Å². The maximum Gasteiger partial charge on any atom is 0.244 e. The first-order valence-corrected chi connectivity index (χ1v) is 7.60. The predicted octanol–water partition coefficient (Wildman–Crippen LogP) is 2.14. The molecule has 5 heteroatoms. The molecule has 0 spiro atoms. The van der Waals surface area contributed by atoms with Gasteiger partial charge in [0, 0.05) is 19.0 Å². The smallest absolute Gasteiger partial charge is 0.244 e. The molecule has 1 aromatic rings. The third-order valence-electron chi connectivity index (χ3n) is 4.16. The van der Waals surface area contributed by atoms with E-state index in [0.717, 1.165) is 44.2 Å². The highest BCUT2D eigenvalue weighted by Gasteiger charge is 2.23. The summed E-state index contributed by atoms with van der Waals surface area (Å²) in [4.78, 5) is 7.04. The van der Waals surface area contributed by atoms with Crippen molar-refractivity contribution in [2.45, 2.75) is 45.4 Å². The quantitative estimate of drug-likeness (QED) is 0.827. The van der Waals surface area contributed by atoms with Crippen LogP contribution in [0.15, 0.2) is 0 Å². The second kappa shape index (κ2) is 6.89. The Bertz CT molecular complexity index is 370. The van der Waals surface area contributed by atoms with E-state index in [9.17, 15) is 0 Å². The van der Waals surface area contributed by atoms with Crippen molar-refractivity contribution in [3.8, 4) is 0 Å². The van der Waals surface area contributed by atoms with Crippen molar-refractivity contribution in [3.63, 3.8) is 0 Å². The summed E-state index contributed by atoms with van der Waals surface area (Å²) in [6.45, 7) is 7.65. The van der Waals surface area contributed by atoms with E-state index in [2.05, 4.69) is 34.3 Å². The summed E-state index contributed by atoms with van der Waals surface area (Å²) < 4.78 is 0. The summed E-state index contributed by atoms with van der Waals surface area (Å²) in [5.41, 5.74) is 0. The highest BCUT2D eigenvalue weighted by atomic mass is 15.4. The summed E-state index contributed by atoms with van der Waals surface area (Å²) in [6.07, 6.45) is 4.78. The normalized spacial score (nSPS) is 20.2. The third kappa shape index (κ3) is 3.47. The molecule has 1 aliphatic heterocycles. The van der Waals surface area contributed by atoms with E-state index in [4.69, 9.17) is 4.98 Å². The van der Waals surface area contributed by atoms with Crippen LogP contribution < -0.4 is 10.2 Å². The zero-order chi connectivity index (χ0) is 13.7. The van der Waals surface area contributed by atoms with Gasteiger partial charge in [0.15, 0.2) is 0 Å². The largest absolute Gasteiger partial charge is 0.339 e. The molecule has 1 unspecified atom stereocenters. The van der Waals surface area contributed by atoms with Gasteiger partial charge in [-0.2, -0.15) is 4.98 Å². The number of nitrogens with one attached hydrogen (secondary N) is 2. The zero-order valence-corrected chi connectivity index (χ0v) is 12.4. The topological polar surface area (TPSA) is 56.8 Å². The number of hydrogen-bond donors (Lipinski definition) is 2. The van der Waals surface area contributed by atoms with E-state index in [1.165, 1.54) is 12.8 Å². The van der Waals surface area contributed by atoms with E-state index < -0.39 is 0 Å². The van der Waals surface area contributed by atoms with Crippen LogP contribution >= 0.6 is 0 Å². The molecule has 0 aliphatic carbocycles. The summed E-state index contributed by atoms with van der Waals surface area (Å²) in [5, 5.41) is 10.8. The Morgan fingerprint density at radius 3 is 2.89 bits per heavy atom. The number of rotatable bonds is 6. The van der Waals surface area contributed by atoms with E-state index >= 15 is 0 Å². The minimum absolute atomic E-state index is 0.513. The molecule has 2 rings (SSSR count). The van der Waals surface area contributed by atoms with Crippen LogP contribution in [0.25, 0.3) is 0 Å². The van der Waals surface area contributed by atoms with E-state index in [-0.39, 0.29) is 0 Å². The molecular weight excluding hydrogens is 238 g/mol. The standard InChI is InChI=1S/C14H27N5/c1-4-12(5-2)13-16-14(18-17-13)19-8-6-7-11(10-19)9-15-3/h11-12,15H,4-10H2,1-3H3,(H,16,17,18). The fraction of sp³-hybridized carbons (Fsp3) is 0.857. The predicted molar refractivity (Wildman–Crippen MR) is 78.6 cm³/mol. The molecule has 19 heavy (non-hydrogen) atoms. The summed E-state index contributed by atoms with van der Waals surface area (Å²) in [5.74, 6) is 3.17. The lowest BCUT2D eigenvalue weighted by atomic mass is 9.98. The number of anilines is 1. The molecule has 2 N–H and O–H groups in total. The average molecular weight is 265 g/mol. The molecule has 1 aliphatic rings. The molecule has 2 heterocycles. The molecule has 0 amide bonds. The maximum atomic E-state index is 4.71. The van der Waals surface area contributed by atoms with Crippen molar-refractivity contribution in [2.75, 3.05) is 31.6 Å². The van der Waals surface area contributed by atoms with Crippen LogP contribution in [0.1, 0.15) is 51.3 Å². The lowest BCUT2D eigenvalue weighted by Gasteiger charge is -2.31. The van der Waals surface area contributed by atoms with Crippen LogP contribution in [0.2, 0.25) is 0 Å². The number of H-pyrrole nitrogens is 1. The maximum absolute atomic E-state index is 4.71. The highest BCUT2D eigenvalue weighted by Crippen LogP contribution is 2.23. The van der Waals surface area contributed by atoms with Crippen molar-refractivity contribution in [2.24, 2.45) is 5.92 Å². The van der Waals surface area contributed by atoms with Gasteiger partial charge in [0.1, 0.15) is 5.82 Å². The van der Waals surface area contributed by atoms with Gasteiger partial charge in [-0.15, -0.1) is 5.10 Å². The van der Waals surface area contributed by atoms with Gasteiger partial charge in [-0.05, 0) is 45.2 Å². The highest BCUT2D eigenvalue weighted by molar-refractivity contribution is 5.30.